The molecule has 5 heteroatoms. The van der Waals surface area contributed by atoms with Crippen molar-refractivity contribution in [3.8, 4) is 0 Å². The van der Waals surface area contributed by atoms with Crippen LogP contribution in [0.2, 0.25) is 0 Å². The SMILES string of the molecule is CCCCCCCCCCCCC/C=C/C1OB(c2ccccc2)OCC1N=CN(C)C. The van der Waals surface area contributed by atoms with Crippen LogP contribution in [0.4, 0.5) is 0 Å². The molecule has 1 heterocycles. The Bertz CT molecular complexity index is 636. The van der Waals surface area contributed by atoms with E-state index in [2.05, 4.69) is 36.2 Å². The third kappa shape index (κ3) is 11.3. The van der Waals surface area contributed by atoms with Crippen molar-refractivity contribution in [1.29, 1.82) is 0 Å². The third-order valence-corrected chi connectivity index (χ3v) is 5.94. The minimum Gasteiger partial charge on any atom is -0.405 e. The van der Waals surface area contributed by atoms with Crippen LogP contribution in [0.15, 0.2) is 47.5 Å². The van der Waals surface area contributed by atoms with Crippen molar-refractivity contribution in [1.82, 2.24) is 4.90 Å². The first kappa shape index (κ1) is 26.7. The number of aliphatic imine (C=N–C) groups is 1. The molecule has 2 unspecified atom stereocenters. The lowest BCUT2D eigenvalue weighted by atomic mass is 9.77. The summed E-state index contributed by atoms with van der Waals surface area (Å²) in [4.78, 5) is 6.63. The Morgan fingerprint density at radius 2 is 1.56 bits per heavy atom. The van der Waals surface area contributed by atoms with E-state index >= 15 is 0 Å². The number of nitrogens with zero attached hydrogens (tertiary/aromatic N) is 2. The summed E-state index contributed by atoms with van der Waals surface area (Å²) < 4.78 is 12.3. The first-order valence-electron chi connectivity index (χ1n) is 12.9. The van der Waals surface area contributed by atoms with Crippen LogP contribution in [0.5, 0.6) is 0 Å². The average Bonchev–Trinajstić information content (AvgIpc) is 2.81. The minimum absolute atomic E-state index is 0.00839. The Kier molecular flexibility index (Phi) is 14.1. The maximum Gasteiger partial charge on any atom is 0.494 e. The molecule has 4 nitrogen and oxygen atoms in total. The topological polar surface area (TPSA) is 34.1 Å². The fourth-order valence-electron chi connectivity index (χ4n) is 4.02. The Morgan fingerprint density at radius 1 is 0.938 bits per heavy atom. The van der Waals surface area contributed by atoms with E-state index in [0.29, 0.717) is 6.61 Å². The van der Waals surface area contributed by atoms with Gasteiger partial charge in [0.05, 0.1) is 19.0 Å². The standard InChI is InChI=1S/C27H45BN2O2/c1-4-5-6-7-8-9-10-11-12-13-14-15-19-22-27-26(29-24-30(2)3)23-31-28(32-27)25-20-17-16-18-21-25/h16-22,24,26-27H,4-15,23H2,1-3H3/b22-19+,29-24?. The minimum atomic E-state index is -0.321. The van der Waals surface area contributed by atoms with Gasteiger partial charge in [-0.1, -0.05) is 114 Å². The molecule has 0 bridgehead atoms. The molecular formula is C27H45BN2O2. The highest BCUT2D eigenvalue weighted by molar-refractivity contribution is 6.61. The number of hydrogen-bond donors (Lipinski definition) is 0. The molecule has 0 aliphatic carbocycles. The second-order valence-corrected chi connectivity index (χ2v) is 9.22. The van der Waals surface area contributed by atoms with Crippen LogP contribution in [-0.4, -0.2) is 51.2 Å². The lowest BCUT2D eigenvalue weighted by molar-refractivity contribution is 0.0822. The summed E-state index contributed by atoms with van der Waals surface area (Å²) in [5.41, 5.74) is 1.06. The Hall–Kier alpha value is -1.59. The highest BCUT2D eigenvalue weighted by Crippen LogP contribution is 2.17. The summed E-state index contributed by atoms with van der Waals surface area (Å²) in [6.07, 6.45) is 22.6. The quantitative estimate of drug-likeness (QED) is 0.104. The summed E-state index contributed by atoms with van der Waals surface area (Å²) in [7, 11) is 3.65. The van der Waals surface area contributed by atoms with Gasteiger partial charge in [0.2, 0.25) is 0 Å². The number of benzene rings is 1. The van der Waals surface area contributed by atoms with Crippen LogP contribution in [0, 0.1) is 0 Å². The first-order valence-corrected chi connectivity index (χ1v) is 12.9. The highest BCUT2D eigenvalue weighted by atomic mass is 16.6. The van der Waals surface area contributed by atoms with E-state index in [0.717, 1.165) is 11.9 Å². The Morgan fingerprint density at radius 3 is 2.19 bits per heavy atom. The van der Waals surface area contributed by atoms with E-state index < -0.39 is 0 Å². The second kappa shape index (κ2) is 17.0. The van der Waals surface area contributed by atoms with Gasteiger partial charge >= 0.3 is 7.12 Å². The Labute approximate surface area is 197 Å². The van der Waals surface area contributed by atoms with E-state index in [-0.39, 0.29) is 19.3 Å². The fourth-order valence-corrected chi connectivity index (χ4v) is 4.02. The highest BCUT2D eigenvalue weighted by Gasteiger charge is 2.34. The molecule has 2 rings (SSSR count). The summed E-state index contributed by atoms with van der Waals surface area (Å²) in [5.74, 6) is 0. The summed E-state index contributed by atoms with van der Waals surface area (Å²) >= 11 is 0. The van der Waals surface area contributed by atoms with Gasteiger partial charge in [0.15, 0.2) is 0 Å². The van der Waals surface area contributed by atoms with Gasteiger partial charge in [-0.05, 0) is 18.3 Å². The van der Waals surface area contributed by atoms with E-state index in [4.69, 9.17) is 9.31 Å². The first-order chi connectivity index (χ1) is 15.7. The van der Waals surface area contributed by atoms with Gasteiger partial charge in [0, 0.05) is 14.1 Å². The van der Waals surface area contributed by atoms with E-state index in [1.807, 2.05) is 43.5 Å². The number of allylic oxidation sites excluding steroid dienone is 1. The molecule has 1 aromatic carbocycles. The monoisotopic (exact) mass is 440 g/mol. The molecule has 1 aromatic rings. The molecule has 1 aliphatic heterocycles. The van der Waals surface area contributed by atoms with Crippen molar-refractivity contribution in [2.75, 3.05) is 20.7 Å². The molecule has 32 heavy (non-hydrogen) atoms. The van der Waals surface area contributed by atoms with E-state index in [1.54, 1.807) is 0 Å². The summed E-state index contributed by atoms with van der Waals surface area (Å²) in [6, 6.07) is 10.2. The summed E-state index contributed by atoms with van der Waals surface area (Å²) in [5, 5.41) is 0. The zero-order valence-corrected chi connectivity index (χ0v) is 20.8. The van der Waals surface area contributed by atoms with Crippen molar-refractivity contribution in [3.63, 3.8) is 0 Å². The lowest BCUT2D eigenvalue weighted by Crippen LogP contribution is -2.50. The number of unbranched alkanes of at least 4 members (excludes halogenated alkanes) is 11. The smallest absolute Gasteiger partial charge is 0.405 e. The fraction of sp³-hybridized carbons (Fsp3) is 0.667. The largest absolute Gasteiger partial charge is 0.494 e. The number of rotatable bonds is 16. The maximum absolute atomic E-state index is 6.28. The van der Waals surface area contributed by atoms with Crippen LogP contribution in [0.1, 0.15) is 84.0 Å². The van der Waals surface area contributed by atoms with Gasteiger partial charge < -0.3 is 14.2 Å². The van der Waals surface area contributed by atoms with E-state index in [9.17, 15) is 0 Å². The van der Waals surface area contributed by atoms with E-state index in [1.165, 1.54) is 70.6 Å². The summed E-state index contributed by atoms with van der Waals surface area (Å²) in [6.45, 7) is 2.85. The van der Waals surface area contributed by atoms with Gasteiger partial charge in [0.1, 0.15) is 6.04 Å². The zero-order chi connectivity index (χ0) is 22.9. The molecule has 178 valence electrons. The molecule has 1 fully saturated rings. The van der Waals surface area contributed by atoms with Gasteiger partial charge in [-0.3, -0.25) is 4.99 Å². The molecule has 0 N–H and O–H groups in total. The molecule has 0 aromatic heterocycles. The maximum atomic E-state index is 6.28. The number of hydrogen-bond acceptors (Lipinski definition) is 3. The molecule has 0 amide bonds. The van der Waals surface area contributed by atoms with Crippen molar-refractivity contribution in [2.24, 2.45) is 4.99 Å². The van der Waals surface area contributed by atoms with Crippen LogP contribution in [0.3, 0.4) is 0 Å². The van der Waals surface area contributed by atoms with Gasteiger partial charge in [-0.15, -0.1) is 0 Å². The van der Waals surface area contributed by atoms with Crippen molar-refractivity contribution < 1.29 is 9.31 Å². The van der Waals surface area contributed by atoms with Crippen molar-refractivity contribution in [3.05, 3.63) is 42.5 Å². The molecule has 0 saturated carbocycles. The normalized spacial score (nSPS) is 19.3. The van der Waals surface area contributed by atoms with Crippen LogP contribution >= 0.6 is 0 Å². The average molecular weight is 440 g/mol. The second-order valence-electron chi connectivity index (χ2n) is 9.22. The zero-order valence-electron chi connectivity index (χ0n) is 20.8. The third-order valence-electron chi connectivity index (χ3n) is 5.94. The van der Waals surface area contributed by atoms with Crippen molar-refractivity contribution in [2.45, 2.75) is 96.1 Å². The molecule has 1 saturated heterocycles. The Balaban J connectivity index is 1.67. The van der Waals surface area contributed by atoms with Crippen LogP contribution in [-0.2, 0) is 9.31 Å². The predicted molar refractivity (Wildman–Crippen MR) is 139 cm³/mol. The molecule has 1 aliphatic rings. The lowest BCUT2D eigenvalue weighted by Gasteiger charge is -2.31. The van der Waals surface area contributed by atoms with Crippen LogP contribution in [0.25, 0.3) is 0 Å². The van der Waals surface area contributed by atoms with Crippen molar-refractivity contribution >= 4 is 18.9 Å². The predicted octanol–water partition coefficient (Wildman–Crippen LogP) is 6.01. The van der Waals surface area contributed by atoms with Gasteiger partial charge in [-0.25, -0.2) is 0 Å². The van der Waals surface area contributed by atoms with Gasteiger partial charge in [0.25, 0.3) is 0 Å². The van der Waals surface area contributed by atoms with Crippen LogP contribution < -0.4 is 5.46 Å². The molecule has 0 radical (unpaired) electrons. The van der Waals surface area contributed by atoms with Gasteiger partial charge in [-0.2, -0.15) is 0 Å². The molecular weight excluding hydrogens is 395 g/mol. The molecule has 0 spiro atoms. The molecule has 2 atom stereocenters.